The van der Waals surface area contributed by atoms with Gasteiger partial charge in [0.05, 0.1) is 11.1 Å². The number of fused-ring (bicyclic) bond motifs is 1. The van der Waals surface area contributed by atoms with Gasteiger partial charge < -0.3 is 4.74 Å². The summed E-state index contributed by atoms with van der Waals surface area (Å²) in [7, 11) is 0. The minimum Gasteiger partial charge on any atom is -0.456 e. The molecule has 122 valence electrons. The van der Waals surface area contributed by atoms with Crippen LogP contribution in [-0.2, 0) is 16.1 Å². The van der Waals surface area contributed by atoms with Crippen molar-refractivity contribution in [1.82, 2.24) is 14.8 Å². The van der Waals surface area contributed by atoms with Crippen LogP contribution in [0.15, 0.2) is 53.6 Å². The molecule has 3 rings (SSSR count). The molecule has 0 unspecified atom stereocenters. The van der Waals surface area contributed by atoms with Crippen LogP contribution in [-0.4, -0.2) is 20.7 Å². The molecule has 6 heteroatoms. The second-order valence-corrected chi connectivity index (χ2v) is 5.51. The molecule has 0 fully saturated rings. The van der Waals surface area contributed by atoms with Crippen LogP contribution in [0.25, 0.3) is 10.8 Å². The zero-order chi connectivity index (χ0) is 17.1. The second-order valence-electron chi connectivity index (χ2n) is 5.51. The largest absolute Gasteiger partial charge is 0.456 e. The van der Waals surface area contributed by atoms with Crippen molar-refractivity contribution < 1.29 is 9.53 Å². The fourth-order valence-corrected chi connectivity index (χ4v) is 2.55. The van der Waals surface area contributed by atoms with E-state index in [-0.39, 0.29) is 12.1 Å². The number of rotatable bonds is 4. The van der Waals surface area contributed by atoms with Crippen LogP contribution in [0.5, 0.6) is 0 Å². The zero-order valence-corrected chi connectivity index (χ0v) is 13.5. The monoisotopic (exact) mass is 323 g/mol. The van der Waals surface area contributed by atoms with Gasteiger partial charge in [0.25, 0.3) is 5.56 Å². The second kappa shape index (κ2) is 6.62. The lowest BCUT2D eigenvalue weighted by molar-refractivity contribution is -0.149. The molecule has 0 aliphatic carbocycles. The van der Waals surface area contributed by atoms with Crippen LogP contribution in [0.2, 0.25) is 0 Å². The molecule has 0 aliphatic rings. The molecule has 0 amide bonds. The lowest BCUT2D eigenvalue weighted by Crippen LogP contribution is -2.28. The molecule has 0 saturated heterocycles. The highest BCUT2D eigenvalue weighted by molar-refractivity contribution is 5.83. The molecule has 1 aromatic carbocycles. The van der Waals surface area contributed by atoms with Crippen molar-refractivity contribution in [1.29, 1.82) is 0 Å². The molecule has 0 bridgehead atoms. The number of ether oxygens (including phenoxy) is 1. The number of hydrogen-bond acceptors (Lipinski definition) is 5. The van der Waals surface area contributed by atoms with E-state index >= 15 is 0 Å². The first-order chi connectivity index (χ1) is 11.6. The molecule has 0 aliphatic heterocycles. The van der Waals surface area contributed by atoms with E-state index in [9.17, 15) is 9.59 Å². The maximum absolute atomic E-state index is 12.5. The Morgan fingerprint density at radius 1 is 1.21 bits per heavy atom. The van der Waals surface area contributed by atoms with Crippen LogP contribution in [0.4, 0.5) is 0 Å². The molecule has 0 saturated carbocycles. The van der Waals surface area contributed by atoms with E-state index in [1.54, 1.807) is 37.5 Å². The molecular formula is C18H17N3O3. The standard InChI is InChI=1S/C18H17N3O3/c1-12-15-7-3-4-8-16(15)18(23)21(20-12)11-17(22)24-13(2)14-6-5-9-19-10-14/h3-10,13H,11H2,1-2H3/t13-/m0/s1. The zero-order valence-electron chi connectivity index (χ0n) is 13.5. The molecule has 0 radical (unpaired) electrons. The number of pyridine rings is 1. The van der Waals surface area contributed by atoms with Gasteiger partial charge in [0.2, 0.25) is 0 Å². The Bertz CT molecular complexity index is 935. The van der Waals surface area contributed by atoms with Gasteiger partial charge >= 0.3 is 5.97 Å². The molecule has 3 aromatic rings. The average molecular weight is 323 g/mol. The van der Waals surface area contributed by atoms with Gasteiger partial charge in [-0.15, -0.1) is 0 Å². The molecule has 1 atom stereocenters. The summed E-state index contributed by atoms with van der Waals surface area (Å²) < 4.78 is 6.52. The Kier molecular flexibility index (Phi) is 4.37. The van der Waals surface area contributed by atoms with Crippen molar-refractivity contribution in [3.8, 4) is 0 Å². The van der Waals surface area contributed by atoms with Gasteiger partial charge in [-0.05, 0) is 26.0 Å². The molecule has 0 N–H and O–H groups in total. The van der Waals surface area contributed by atoms with Crippen molar-refractivity contribution in [2.24, 2.45) is 0 Å². The first-order valence-corrected chi connectivity index (χ1v) is 7.62. The quantitative estimate of drug-likeness (QED) is 0.689. The highest BCUT2D eigenvalue weighted by Crippen LogP contribution is 2.15. The molecule has 2 heterocycles. The lowest BCUT2D eigenvalue weighted by atomic mass is 10.1. The molecular weight excluding hydrogens is 306 g/mol. The summed E-state index contributed by atoms with van der Waals surface area (Å²) in [5.41, 5.74) is 1.18. The normalized spacial score (nSPS) is 12.1. The molecule has 6 nitrogen and oxygen atoms in total. The van der Waals surface area contributed by atoms with E-state index in [0.29, 0.717) is 11.1 Å². The Balaban J connectivity index is 1.81. The van der Waals surface area contributed by atoms with Crippen molar-refractivity contribution in [2.75, 3.05) is 0 Å². The van der Waals surface area contributed by atoms with Gasteiger partial charge in [-0.3, -0.25) is 14.6 Å². The minimum absolute atomic E-state index is 0.227. The van der Waals surface area contributed by atoms with E-state index in [1.807, 2.05) is 25.1 Å². The summed E-state index contributed by atoms with van der Waals surface area (Å²) in [5, 5.41) is 5.54. The van der Waals surface area contributed by atoms with E-state index in [0.717, 1.165) is 15.6 Å². The number of esters is 1. The van der Waals surface area contributed by atoms with Crippen LogP contribution >= 0.6 is 0 Å². The van der Waals surface area contributed by atoms with Gasteiger partial charge in [0, 0.05) is 23.3 Å². The summed E-state index contributed by atoms with van der Waals surface area (Å²) in [6, 6.07) is 10.8. The molecule has 2 aromatic heterocycles. The number of carbonyl (C=O) groups is 1. The first kappa shape index (κ1) is 15.9. The number of benzene rings is 1. The van der Waals surface area contributed by atoms with Crippen LogP contribution in [0, 0.1) is 6.92 Å². The number of aryl methyl sites for hydroxylation is 1. The summed E-state index contributed by atoms with van der Waals surface area (Å²) in [5.74, 6) is -0.518. The lowest BCUT2D eigenvalue weighted by Gasteiger charge is -2.14. The summed E-state index contributed by atoms with van der Waals surface area (Å²) in [6.07, 6.45) is 2.85. The van der Waals surface area contributed by atoms with E-state index in [1.165, 1.54) is 0 Å². The van der Waals surface area contributed by atoms with Gasteiger partial charge in [-0.25, -0.2) is 4.68 Å². The number of hydrogen-bond donors (Lipinski definition) is 0. The van der Waals surface area contributed by atoms with Gasteiger partial charge in [0.1, 0.15) is 12.6 Å². The predicted molar refractivity (Wildman–Crippen MR) is 89.5 cm³/mol. The summed E-state index contributed by atoms with van der Waals surface area (Å²) in [6.45, 7) is 3.34. The van der Waals surface area contributed by atoms with E-state index in [2.05, 4.69) is 10.1 Å². The first-order valence-electron chi connectivity index (χ1n) is 7.62. The summed E-state index contributed by atoms with van der Waals surface area (Å²) in [4.78, 5) is 28.6. The third-order valence-electron chi connectivity index (χ3n) is 3.79. The van der Waals surface area contributed by atoms with Crippen molar-refractivity contribution in [2.45, 2.75) is 26.5 Å². The Morgan fingerprint density at radius 2 is 1.96 bits per heavy atom. The minimum atomic E-state index is -0.518. The number of nitrogens with zero attached hydrogens (tertiary/aromatic N) is 3. The van der Waals surface area contributed by atoms with Crippen molar-refractivity contribution in [3.63, 3.8) is 0 Å². The highest BCUT2D eigenvalue weighted by Gasteiger charge is 2.15. The summed E-state index contributed by atoms with van der Waals surface area (Å²) >= 11 is 0. The van der Waals surface area contributed by atoms with E-state index < -0.39 is 12.1 Å². The van der Waals surface area contributed by atoms with Gasteiger partial charge in [0.15, 0.2) is 0 Å². The highest BCUT2D eigenvalue weighted by atomic mass is 16.5. The SMILES string of the molecule is Cc1nn(CC(=O)O[C@@H](C)c2cccnc2)c(=O)c2ccccc12. The van der Waals surface area contributed by atoms with Crippen molar-refractivity contribution >= 4 is 16.7 Å². The fourth-order valence-electron chi connectivity index (χ4n) is 2.55. The number of aromatic nitrogens is 3. The van der Waals surface area contributed by atoms with E-state index in [4.69, 9.17) is 4.74 Å². The predicted octanol–water partition coefficient (Wildman–Crippen LogP) is 2.40. The average Bonchev–Trinajstić information content (AvgIpc) is 2.60. The third-order valence-corrected chi connectivity index (χ3v) is 3.79. The van der Waals surface area contributed by atoms with Crippen LogP contribution in [0.1, 0.15) is 24.3 Å². The Morgan fingerprint density at radius 3 is 2.67 bits per heavy atom. The maximum atomic E-state index is 12.5. The fraction of sp³-hybridized carbons (Fsp3) is 0.222. The third kappa shape index (κ3) is 3.17. The van der Waals surface area contributed by atoms with Crippen LogP contribution < -0.4 is 5.56 Å². The molecule has 0 spiro atoms. The Labute approximate surface area is 138 Å². The maximum Gasteiger partial charge on any atom is 0.328 e. The number of carbonyl (C=O) groups excluding carboxylic acids is 1. The Hall–Kier alpha value is -3.02. The smallest absolute Gasteiger partial charge is 0.328 e. The van der Waals surface area contributed by atoms with Gasteiger partial charge in [-0.2, -0.15) is 5.10 Å². The molecule has 24 heavy (non-hydrogen) atoms. The topological polar surface area (TPSA) is 74.1 Å². The van der Waals surface area contributed by atoms with Gasteiger partial charge in [-0.1, -0.05) is 24.3 Å². The van der Waals surface area contributed by atoms with Crippen molar-refractivity contribution in [3.05, 3.63) is 70.4 Å². The van der Waals surface area contributed by atoms with Crippen LogP contribution in [0.3, 0.4) is 0 Å².